The lowest BCUT2D eigenvalue weighted by Gasteiger charge is -2.33. The number of rotatable bonds is 5. The van der Waals surface area contributed by atoms with Gasteiger partial charge in [0.2, 0.25) is 0 Å². The number of aromatic nitrogens is 2. The van der Waals surface area contributed by atoms with Crippen LogP contribution in [-0.2, 0) is 15.2 Å². The molecule has 1 aromatic carbocycles. The quantitative estimate of drug-likeness (QED) is 0.355. The minimum absolute atomic E-state index is 0.0514. The van der Waals surface area contributed by atoms with Crippen LogP contribution in [0.5, 0.6) is 0 Å². The molecule has 3 rings (SSSR count). The van der Waals surface area contributed by atoms with Crippen molar-refractivity contribution in [1.29, 1.82) is 0 Å². The molecule has 0 radical (unpaired) electrons. The van der Waals surface area contributed by atoms with Gasteiger partial charge in [-0.2, -0.15) is 4.98 Å². The highest BCUT2D eigenvalue weighted by atomic mass is 16.6. The summed E-state index contributed by atoms with van der Waals surface area (Å²) in [5.74, 6) is -1.08. The molecule has 152 valence electrons. The smallest absolute Gasteiger partial charge is 0.351 e. The molecule has 2 N–H and O–H groups in total. The molecule has 10 heteroatoms. The van der Waals surface area contributed by atoms with Crippen LogP contribution in [0, 0.1) is 5.92 Å². The Morgan fingerprint density at radius 1 is 1.41 bits per heavy atom. The van der Waals surface area contributed by atoms with Gasteiger partial charge in [-0.25, -0.2) is 9.59 Å². The van der Waals surface area contributed by atoms with Gasteiger partial charge in [0.1, 0.15) is 5.82 Å². The number of ether oxygens (including phenoxy) is 2. The third-order valence-electron chi connectivity index (χ3n) is 5.34. The van der Waals surface area contributed by atoms with Gasteiger partial charge in [0.15, 0.2) is 17.6 Å². The van der Waals surface area contributed by atoms with Crippen LogP contribution in [0.3, 0.4) is 0 Å². The van der Waals surface area contributed by atoms with Gasteiger partial charge in [-0.05, 0) is 37.1 Å². The molecule has 1 saturated heterocycles. The van der Waals surface area contributed by atoms with Crippen LogP contribution in [0.1, 0.15) is 37.6 Å². The van der Waals surface area contributed by atoms with Crippen molar-refractivity contribution in [3.63, 3.8) is 0 Å². The van der Waals surface area contributed by atoms with E-state index in [1.807, 2.05) is 0 Å². The first-order valence-electron chi connectivity index (χ1n) is 9.15. The number of carbonyl (C=O) groups is 1. The lowest BCUT2D eigenvalue weighted by Crippen LogP contribution is -2.49. The van der Waals surface area contributed by atoms with Crippen molar-refractivity contribution in [2.24, 2.45) is 11.0 Å². The number of carbonyl (C=O) groups excluding carboxylic acids is 1. The molecule has 0 amide bonds. The van der Waals surface area contributed by atoms with Gasteiger partial charge in [-0.15, -0.1) is 0 Å². The van der Waals surface area contributed by atoms with Gasteiger partial charge >= 0.3 is 11.7 Å². The van der Waals surface area contributed by atoms with Gasteiger partial charge in [-0.1, -0.05) is 37.2 Å². The van der Waals surface area contributed by atoms with Crippen LogP contribution in [0.15, 0.2) is 52.5 Å². The van der Waals surface area contributed by atoms with Gasteiger partial charge < -0.3 is 15.2 Å². The summed E-state index contributed by atoms with van der Waals surface area (Å²) in [5.41, 5.74) is 11.6. The molecule has 0 saturated carbocycles. The molecule has 0 unspecified atom stereocenters. The van der Waals surface area contributed by atoms with Gasteiger partial charge in [-0.3, -0.25) is 4.57 Å². The third kappa shape index (κ3) is 3.43. The van der Waals surface area contributed by atoms with Crippen molar-refractivity contribution in [2.45, 2.75) is 44.7 Å². The van der Waals surface area contributed by atoms with Gasteiger partial charge in [0.05, 0.1) is 5.56 Å². The zero-order chi connectivity index (χ0) is 21.2. The molecule has 0 aliphatic carbocycles. The molecule has 1 aliphatic rings. The number of anilines is 1. The number of nitrogens with two attached hydrogens (primary N) is 1. The minimum Gasteiger partial charge on any atom is -0.453 e. The highest BCUT2D eigenvalue weighted by Crippen LogP contribution is 2.49. The van der Waals surface area contributed by atoms with Crippen LogP contribution in [-0.4, -0.2) is 27.3 Å². The summed E-state index contributed by atoms with van der Waals surface area (Å²) < 4.78 is 13.2. The zero-order valence-electron chi connectivity index (χ0n) is 16.3. The lowest BCUT2D eigenvalue weighted by atomic mass is 9.90. The average molecular weight is 398 g/mol. The first kappa shape index (κ1) is 20.4. The Bertz CT molecular complexity index is 1020. The van der Waals surface area contributed by atoms with Gasteiger partial charge in [0, 0.05) is 17.0 Å². The second-order valence-corrected chi connectivity index (χ2v) is 7.03. The lowest BCUT2D eigenvalue weighted by molar-refractivity contribution is -0.166. The molecule has 0 spiro atoms. The highest BCUT2D eigenvalue weighted by molar-refractivity contribution is 5.89. The van der Waals surface area contributed by atoms with E-state index in [0.29, 0.717) is 12.0 Å². The van der Waals surface area contributed by atoms with Crippen LogP contribution in [0.25, 0.3) is 10.4 Å². The van der Waals surface area contributed by atoms with E-state index in [1.54, 1.807) is 51.1 Å². The Balaban J connectivity index is 2.11. The van der Waals surface area contributed by atoms with E-state index in [0.717, 1.165) is 0 Å². The van der Waals surface area contributed by atoms with Crippen molar-refractivity contribution >= 4 is 11.8 Å². The van der Waals surface area contributed by atoms with Crippen LogP contribution < -0.4 is 11.4 Å². The van der Waals surface area contributed by atoms with E-state index in [-0.39, 0.29) is 5.82 Å². The maximum Gasteiger partial charge on any atom is 0.351 e. The van der Waals surface area contributed by atoms with E-state index in [2.05, 4.69) is 15.0 Å². The third-order valence-corrected chi connectivity index (χ3v) is 5.34. The standard InChI is InChI=1S/C19H22N6O4/c1-4-19(23-24-21)12(2)15(28-16(26)13-8-6-5-7-9-13)18(3,29-19)25-11-10-14(20)22-17(25)27/h5-12,15H,4H2,1-3H3,(H2,20,22,27)/t12-,15+,18+,19+/m0/s1. The Hall–Kier alpha value is -3.36. The Morgan fingerprint density at radius 2 is 2.10 bits per heavy atom. The second kappa shape index (κ2) is 7.57. The van der Waals surface area contributed by atoms with Crippen LogP contribution >= 0.6 is 0 Å². The van der Waals surface area contributed by atoms with Crippen LogP contribution in [0.4, 0.5) is 5.82 Å². The van der Waals surface area contributed by atoms with E-state index < -0.39 is 35.1 Å². The summed E-state index contributed by atoms with van der Waals surface area (Å²) in [6.07, 6.45) is 0.788. The second-order valence-electron chi connectivity index (χ2n) is 7.03. The number of azide groups is 1. The number of hydrogen-bond acceptors (Lipinski definition) is 7. The molecular formula is C19H22N6O4. The minimum atomic E-state index is -1.47. The summed E-state index contributed by atoms with van der Waals surface area (Å²) >= 11 is 0. The number of esters is 1. The molecular weight excluding hydrogens is 376 g/mol. The molecule has 29 heavy (non-hydrogen) atoms. The normalized spacial score (nSPS) is 28.5. The summed E-state index contributed by atoms with van der Waals surface area (Å²) in [4.78, 5) is 32.0. The Labute approximate surface area is 166 Å². The molecule has 1 aromatic heterocycles. The highest BCUT2D eigenvalue weighted by Gasteiger charge is 2.61. The molecule has 4 atom stereocenters. The first-order chi connectivity index (χ1) is 13.8. The Kier molecular flexibility index (Phi) is 5.32. The van der Waals surface area contributed by atoms with Crippen molar-refractivity contribution in [1.82, 2.24) is 9.55 Å². The van der Waals surface area contributed by atoms with Crippen molar-refractivity contribution in [3.8, 4) is 0 Å². The SMILES string of the molecule is CC[C@@]1(N=[N+]=[N-])O[C@@](C)(n2ccc(N)nc2=O)[C@H](OC(=O)c2ccccc2)[C@@H]1C. The van der Waals surface area contributed by atoms with Gasteiger partial charge in [0.25, 0.3) is 0 Å². The molecule has 0 bridgehead atoms. The van der Waals surface area contributed by atoms with E-state index in [4.69, 9.17) is 20.7 Å². The summed E-state index contributed by atoms with van der Waals surface area (Å²) in [6, 6.07) is 9.90. The topological polar surface area (TPSA) is 145 Å². The first-order valence-corrected chi connectivity index (χ1v) is 9.15. The predicted molar refractivity (Wildman–Crippen MR) is 105 cm³/mol. The number of nitrogen functional groups attached to an aromatic ring is 1. The largest absolute Gasteiger partial charge is 0.453 e. The fourth-order valence-electron chi connectivity index (χ4n) is 3.77. The molecule has 1 aliphatic heterocycles. The molecule has 1 fully saturated rings. The fourth-order valence-corrected chi connectivity index (χ4v) is 3.77. The van der Waals surface area contributed by atoms with Crippen molar-refractivity contribution in [3.05, 3.63) is 69.1 Å². The number of nitrogens with zero attached hydrogens (tertiary/aromatic N) is 5. The van der Waals surface area contributed by atoms with E-state index in [1.165, 1.54) is 16.8 Å². The fraction of sp³-hybridized carbons (Fsp3) is 0.421. The monoisotopic (exact) mass is 398 g/mol. The molecule has 2 heterocycles. The molecule has 2 aromatic rings. The Morgan fingerprint density at radius 3 is 2.69 bits per heavy atom. The van der Waals surface area contributed by atoms with E-state index in [9.17, 15) is 9.59 Å². The maximum absolute atomic E-state index is 12.8. The van der Waals surface area contributed by atoms with Crippen LogP contribution in [0.2, 0.25) is 0 Å². The molecule has 10 nitrogen and oxygen atoms in total. The summed E-state index contributed by atoms with van der Waals surface area (Å²) in [6.45, 7) is 5.13. The van der Waals surface area contributed by atoms with E-state index >= 15 is 0 Å². The zero-order valence-corrected chi connectivity index (χ0v) is 16.3. The van der Waals surface area contributed by atoms with Crippen molar-refractivity contribution in [2.75, 3.05) is 5.73 Å². The summed E-state index contributed by atoms with van der Waals surface area (Å²) in [7, 11) is 0. The number of benzene rings is 1. The average Bonchev–Trinajstić information content (AvgIpc) is 2.91. The van der Waals surface area contributed by atoms with Crippen molar-refractivity contribution < 1.29 is 14.3 Å². The summed E-state index contributed by atoms with van der Waals surface area (Å²) in [5, 5.41) is 3.86. The predicted octanol–water partition coefficient (Wildman–Crippen LogP) is 2.81. The maximum atomic E-state index is 12.8. The number of hydrogen-bond donors (Lipinski definition) is 1.